The highest BCUT2D eigenvalue weighted by Gasteiger charge is 2.11. The predicted octanol–water partition coefficient (Wildman–Crippen LogP) is 0.197. The standard InChI is InChI=1S/C7H12N4OS/c1-4(2)5-6(12)11(8)7(13-3)10-9-5/h4H,8H2,1-3H3. The molecule has 72 valence electrons. The van der Waals surface area contributed by atoms with Gasteiger partial charge in [-0.25, -0.2) is 0 Å². The molecule has 0 bridgehead atoms. The molecule has 5 nitrogen and oxygen atoms in total. The fourth-order valence-electron chi connectivity index (χ4n) is 0.899. The summed E-state index contributed by atoms with van der Waals surface area (Å²) in [4.78, 5) is 11.5. The van der Waals surface area contributed by atoms with Gasteiger partial charge < -0.3 is 5.84 Å². The summed E-state index contributed by atoms with van der Waals surface area (Å²) in [6.45, 7) is 3.76. The molecule has 13 heavy (non-hydrogen) atoms. The number of nitrogens with two attached hydrogens (primary N) is 1. The van der Waals surface area contributed by atoms with Gasteiger partial charge in [0.15, 0.2) is 0 Å². The van der Waals surface area contributed by atoms with Crippen LogP contribution >= 0.6 is 11.8 Å². The van der Waals surface area contributed by atoms with Gasteiger partial charge in [0, 0.05) is 5.92 Å². The van der Waals surface area contributed by atoms with Gasteiger partial charge in [-0.15, -0.1) is 10.2 Å². The van der Waals surface area contributed by atoms with Crippen LogP contribution in [0.2, 0.25) is 0 Å². The van der Waals surface area contributed by atoms with E-state index in [2.05, 4.69) is 10.2 Å². The molecule has 0 aromatic carbocycles. The Balaban J connectivity index is 3.32. The summed E-state index contributed by atoms with van der Waals surface area (Å²) in [5, 5.41) is 8.08. The molecule has 2 N–H and O–H groups in total. The van der Waals surface area contributed by atoms with Crippen LogP contribution in [-0.2, 0) is 0 Å². The molecule has 1 heterocycles. The van der Waals surface area contributed by atoms with Crippen LogP contribution in [0.1, 0.15) is 25.5 Å². The second-order valence-electron chi connectivity index (χ2n) is 2.90. The Morgan fingerprint density at radius 3 is 2.54 bits per heavy atom. The van der Waals surface area contributed by atoms with Gasteiger partial charge in [0.2, 0.25) is 5.16 Å². The van der Waals surface area contributed by atoms with Crippen LogP contribution in [0.3, 0.4) is 0 Å². The summed E-state index contributed by atoms with van der Waals surface area (Å²) < 4.78 is 1.03. The number of rotatable bonds is 2. The van der Waals surface area contributed by atoms with Gasteiger partial charge >= 0.3 is 0 Å². The van der Waals surface area contributed by atoms with Crippen LogP contribution in [0.4, 0.5) is 0 Å². The summed E-state index contributed by atoms with van der Waals surface area (Å²) in [6.07, 6.45) is 1.79. The molecule has 0 aliphatic heterocycles. The van der Waals surface area contributed by atoms with Gasteiger partial charge in [0.1, 0.15) is 5.69 Å². The summed E-state index contributed by atoms with van der Waals surface area (Å²) >= 11 is 1.29. The first-order chi connectivity index (χ1) is 6.07. The van der Waals surface area contributed by atoms with E-state index < -0.39 is 0 Å². The van der Waals surface area contributed by atoms with Gasteiger partial charge in [-0.1, -0.05) is 25.6 Å². The molecule has 0 aliphatic carbocycles. The highest BCUT2D eigenvalue weighted by molar-refractivity contribution is 7.98. The summed E-state index contributed by atoms with van der Waals surface area (Å²) in [5.74, 6) is 5.56. The Labute approximate surface area is 80.3 Å². The van der Waals surface area contributed by atoms with Gasteiger partial charge in [0.25, 0.3) is 5.56 Å². The number of hydrogen-bond donors (Lipinski definition) is 1. The van der Waals surface area contributed by atoms with Gasteiger partial charge in [-0.05, 0) is 6.26 Å². The lowest BCUT2D eigenvalue weighted by atomic mass is 10.1. The van der Waals surface area contributed by atoms with E-state index >= 15 is 0 Å². The van der Waals surface area contributed by atoms with E-state index in [1.807, 2.05) is 13.8 Å². The number of aromatic nitrogens is 3. The number of thioether (sulfide) groups is 1. The van der Waals surface area contributed by atoms with Gasteiger partial charge in [-0.2, -0.15) is 4.68 Å². The molecule has 1 aromatic rings. The van der Waals surface area contributed by atoms with Crippen LogP contribution in [-0.4, -0.2) is 21.1 Å². The van der Waals surface area contributed by atoms with Crippen molar-refractivity contribution in [3.05, 3.63) is 16.0 Å². The number of hydrogen-bond acceptors (Lipinski definition) is 5. The molecule has 0 fully saturated rings. The van der Waals surface area contributed by atoms with Crippen molar-refractivity contribution in [1.29, 1.82) is 0 Å². The van der Waals surface area contributed by atoms with Crippen molar-refractivity contribution in [1.82, 2.24) is 14.9 Å². The van der Waals surface area contributed by atoms with E-state index in [0.29, 0.717) is 10.9 Å². The molecule has 6 heteroatoms. The lowest BCUT2D eigenvalue weighted by molar-refractivity contribution is 0.639. The zero-order valence-corrected chi connectivity index (χ0v) is 8.63. The number of nitrogens with zero attached hydrogens (tertiary/aromatic N) is 3. The van der Waals surface area contributed by atoms with Crippen LogP contribution < -0.4 is 11.4 Å². The molecule has 1 aromatic heterocycles. The van der Waals surface area contributed by atoms with Crippen LogP contribution in [0.15, 0.2) is 9.95 Å². The number of nitrogen functional groups attached to an aromatic ring is 1. The van der Waals surface area contributed by atoms with E-state index in [9.17, 15) is 4.79 Å². The minimum atomic E-state index is -0.269. The smallest absolute Gasteiger partial charge is 0.294 e. The molecule has 0 radical (unpaired) electrons. The maximum Gasteiger partial charge on any atom is 0.294 e. The van der Waals surface area contributed by atoms with E-state index in [0.717, 1.165) is 4.68 Å². The SMILES string of the molecule is CSc1nnc(C(C)C)c(=O)n1N. The largest absolute Gasteiger partial charge is 0.334 e. The van der Waals surface area contributed by atoms with Gasteiger partial charge in [-0.3, -0.25) is 4.79 Å². The summed E-state index contributed by atoms with van der Waals surface area (Å²) in [6, 6.07) is 0. The quantitative estimate of drug-likeness (QED) is 0.545. The van der Waals surface area contributed by atoms with Crippen molar-refractivity contribution in [2.45, 2.75) is 24.9 Å². The van der Waals surface area contributed by atoms with E-state index in [4.69, 9.17) is 5.84 Å². The molecule has 1 rings (SSSR count). The van der Waals surface area contributed by atoms with Crippen LogP contribution in [0.5, 0.6) is 0 Å². The zero-order chi connectivity index (χ0) is 10.0. The fourth-order valence-corrected chi connectivity index (χ4v) is 1.30. The molecule has 0 atom stereocenters. The van der Waals surface area contributed by atoms with E-state index in [1.54, 1.807) is 6.26 Å². The van der Waals surface area contributed by atoms with Crippen molar-refractivity contribution in [2.75, 3.05) is 12.1 Å². The molecule has 0 spiro atoms. The Kier molecular flexibility index (Phi) is 2.92. The van der Waals surface area contributed by atoms with E-state index in [1.165, 1.54) is 11.8 Å². The normalized spacial score (nSPS) is 10.8. The van der Waals surface area contributed by atoms with Gasteiger partial charge in [0.05, 0.1) is 0 Å². The summed E-state index contributed by atoms with van der Waals surface area (Å²) in [5.41, 5.74) is 0.134. The van der Waals surface area contributed by atoms with Crippen molar-refractivity contribution < 1.29 is 0 Å². The van der Waals surface area contributed by atoms with Crippen LogP contribution in [0, 0.1) is 0 Å². The molecule has 0 amide bonds. The van der Waals surface area contributed by atoms with Crippen LogP contribution in [0.25, 0.3) is 0 Å². The second kappa shape index (κ2) is 3.78. The Morgan fingerprint density at radius 1 is 1.46 bits per heavy atom. The average Bonchev–Trinajstić information content (AvgIpc) is 2.09. The minimum Gasteiger partial charge on any atom is -0.334 e. The van der Waals surface area contributed by atoms with E-state index in [-0.39, 0.29) is 11.5 Å². The third-order valence-corrected chi connectivity index (χ3v) is 2.26. The molecule has 0 saturated heterocycles. The fraction of sp³-hybridized carbons (Fsp3) is 0.571. The molecule has 0 saturated carbocycles. The molecular formula is C7H12N4OS. The zero-order valence-electron chi connectivity index (χ0n) is 7.81. The first kappa shape index (κ1) is 10.0. The molecule has 0 aliphatic rings. The second-order valence-corrected chi connectivity index (χ2v) is 3.68. The Hall–Kier alpha value is -1.04. The predicted molar refractivity (Wildman–Crippen MR) is 52.3 cm³/mol. The summed E-state index contributed by atoms with van der Waals surface area (Å²) in [7, 11) is 0. The van der Waals surface area contributed by atoms with Crippen molar-refractivity contribution >= 4 is 11.8 Å². The van der Waals surface area contributed by atoms with Crippen molar-refractivity contribution in [2.24, 2.45) is 0 Å². The lowest BCUT2D eigenvalue weighted by Crippen LogP contribution is -2.33. The van der Waals surface area contributed by atoms with Crippen molar-refractivity contribution in [3.8, 4) is 0 Å². The maximum atomic E-state index is 11.5. The first-order valence-electron chi connectivity index (χ1n) is 3.86. The van der Waals surface area contributed by atoms with Crippen molar-refractivity contribution in [3.63, 3.8) is 0 Å². The third kappa shape index (κ3) is 1.82. The Bertz CT molecular complexity index is 360. The monoisotopic (exact) mass is 200 g/mol. The third-order valence-electron chi connectivity index (χ3n) is 1.62. The Morgan fingerprint density at radius 2 is 2.08 bits per heavy atom. The highest BCUT2D eigenvalue weighted by Crippen LogP contribution is 2.08. The minimum absolute atomic E-state index is 0.0470. The first-order valence-corrected chi connectivity index (χ1v) is 5.09. The lowest BCUT2D eigenvalue weighted by Gasteiger charge is -2.06. The molecule has 0 unspecified atom stereocenters. The highest BCUT2D eigenvalue weighted by atomic mass is 32.2. The maximum absolute atomic E-state index is 11.5. The molecular weight excluding hydrogens is 188 g/mol. The average molecular weight is 200 g/mol. The topological polar surface area (TPSA) is 73.8 Å².